The average molecular weight is 502 g/mol. The van der Waals surface area contributed by atoms with Gasteiger partial charge in [-0.25, -0.2) is 4.98 Å². The van der Waals surface area contributed by atoms with Gasteiger partial charge >= 0.3 is 6.18 Å². The number of carbonyl (C=O) groups is 1. The second-order valence-corrected chi connectivity index (χ2v) is 8.91. The number of nitrogens with one attached hydrogen (secondary N) is 1. The third kappa shape index (κ3) is 7.20. The molecule has 9 heteroatoms. The molecule has 0 aliphatic carbocycles. The van der Waals surface area contributed by atoms with E-state index in [1.54, 1.807) is 30.3 Å². The first-order valence-electron chi connectivity index (χ1n) is 10.7. The predicted octanol–water partition coefficient (Wildman–Crippen LogP) is 5.93. The van der Waals surface area contributed by atoms with E-state index in [1.165, 1.54) is 13.8 Å². The lowest BCUT2D eigenvalue weighted by molar-refractivity contribution is -0.138. The Balaban J connectivity index is 1.72. The zero-order valence-electron chi connectivity index (χ0n) is 19.1. The van der Waals surface area contributed by atoms with E-state index in [4.69, 9.17) is 16.3 Å². The molecule has 0 spiro atoms. The highest BCUT2D eigenvalue weighted by Gasteiger charge is 2.33. The Morgan fingerprint density at radius 2 is 1.86 bits per heavy atom. The van der Waals surface area contributed by atoms with Gasteiger partial charge < -0.3 is 10.1 Å². The molecule has 5 nitrogen and oxygen atoms in total. The summed E-state index contributed by atoms with van der Waals surface area (Å²) in [6.07, 6.45) is -3.28. The lowest BCUT2D eigenvalue weighted by Gasteiger charge is -2.26. The van der Waals surface area contributed by atoms with E-state index in [2.05, 4.69) is 16.4 Å². The van der Waals surface area contributed by atoms with E-state index >= 15 is 0 Å². The number of rotatable bonds is 8. The van der Waals surface area contributed by atoms with Crippen LogP contribution in [0.3, 0.4) is 0 Å². The first-order chi connectivity index (χ1) is 16.5. The lowest BCUT2D eigenvalue weighted by atomic mass is 9.90. The monoisotopic (exact) mass is 501 g/mol. The van der Waals surface area contributed by atoms with Gasteiger partial charge in [-0.3, -0.25) is 4.79 Å². The number of nitrogens with zero attached hydrogens (tertiary/aromatic N) is 2. The van der Waals surface area contributed by atoms with Gasteiger partial charge in [-0.1, -0.05) is 35.9 Å². The molecule has 0 aliphatic rings. The van der Waals surface area contributed by atoms with Crippen molar-refractivity contribution in [3.63, 3.8) is 0 Å². The van der Waals surface area contributed by atoms with E-state index < -0.39 is 23.2 Å². The smallest absolute Gasteiger partial charge is 0.417 e. The average Bonchev–Trinajstić information content (AvgIpc) is 2.82. The van der Waals surface area contributed by atoms with Crippen LogP contribution in [-0.4, -0.2) is 23.0 Å². The molecule has 3 aromatic rings. The zero-order valence-corrected chi connectivity index (χ0v) is 19.8. The van der Waals surface area contributed by atoms with Gasteiger partial charge in [0.1, 0.15) is 0 Å². The number of alkyl halides is 3. The van der Waals surface area contributed by atoms with Crippen molar-refractivity contribution in [3.05, 3.63) is 94.1 Å². The van der Waals surface area contributed by atoms with Gasteiger partial charge in [-0.2, -0.15) is 18.4 Å². The van der Waals surface area contributed by atoms with Gasteiger partial charge in [0.05, 0.1) is 17.2 Å². The molecule has 2 aromatic carbocycles. The number of ether oxygens (including phenoxy) is 1. The molecule has 1 amide bonds. The molecule has 0 fully saturated rings. The van der Waals surface area contributed by atoms with E-state index in [9.17, 15) is 23.2 Å². The van der Waals surface area contributed by atoms with Gasteiger partial charge in [-0.05, 0) is 61.7 Å². The number of aromatic nitrogens is 1. The molecule has 1 atom stereocenters. The fraction of sp³-hybridized carbons (Fsp3) is 0.269. The van der Waals surface area contributed by atoms with Crippen molar-refractivity contribution in [2.45, 2.75) is 38.0 Å². The summed E-state index contributed by atoms with van der Waals surface area (Å²) in [5.74, 6) is -0.720. The first-order valence-corrected chi connectivity index (χ1v) is 11.1. The molecule has 1 N–H and O–H groups in total. The van der Waals surface area contributed by atoms with Gasteiger partial charge in [0.15, 0.2) is 5.60 Å². The summed E-state index contributed by atoms with van der Waals surface area (Å²) in [6.45, 7) is 3.25. The second kappa shape index (κ2) is 10.8. The lowest BCUT2D eigenvalue weighted by Crippen LogP contribution is -2.47. The highest BCUT2D eigenvalue weighted by molar-refractivity contribution is 6.30. The maximum Gasteiger partial charge on any atom is 0.417 e. The van der Waals surface area contributed by atoms with Crippen LogP contribution in [0.25, 0.3) is 0 Å². The van der Waals surface area contributed by atoms with E-state index in [0.717, 1.165) is 23.3 Å². The van der Waals surface area contributed by atoms with Crippen molar-refractivity contribution in [2.75, 3.05) is 6.54 Å². The summed E-state index contributed by atoms with van der Waals surface area (Å²) in [5.41, 5.74) is 0.0816. The Hall–Kier alpha value is -3.57. The van der Waals surface area contributed by atoms with Crippen molar-refractivity contribution >= 4 is 17.5 Å². The summed E-state index contributed by atoms with van der Waals surface area (Å²) < 4.78 is 43.9. The second-order valence-electron chi connectivity index (χ2n) is 8.47. The molecular weight excluding hydrogens is 479 g/mol. The fourth-order valence-corrected chi connectivity index (χ4v) is 3.55. The molecular formula is C26H23ClF3N3O2. The van der Waals surface area contributed by atoms with Crippen molar-refractivity contribution in [1.29, 1.82) is 5.26 Å². The van der Waals surface area contributed by atoms with Crippen LogP contribution in [-0.2, 0) is 17.4 Å². The summed E-state index contributed by atoms with van der Waals surface area (Å²) in [4.78, 5) is 16.6. The molecule has 0 radical (unpaired) electrons. The molecule has 0 saturated heterocycles. The van der Waals surface area contributed by atoms with Crippen LogP contribution in [0.4, 0.5) is 13.2 Å². The van der Waals surface area contributed by atoms with Gasteiger partial charge in [0, 0.05) is 29.7 Å². The van der Waals surface area contributed by atoms with Crippen LogP contribution in [0.15, 0.2) is 66.9 Å². The Morgan fingerprint density at radius 1 is 1.14 bits per heavy atom. The first kappa shape index (κ1) is 26.0. The van der Waals surface area contributed by atoms with E-state index in [1.807, 2.05) is 18.2 Å². The molecule has 1 aromatic heterocycles. The van der Waals surface area contributed by atoms with Crippen LogP contribution >= 0.6 is 11.6 Å². The standard InChI is InChI=1S/C26H23ClF3N3O2/c1-25(2,35-23-11-8-21(16-32-23)26(28,29)30)24(34)33-15-20(12-17-6-9-22(27)10-7-17)19-5-3-4-18(13-19)14-31/h3-11,13,16,20H,12,15H2,1-2H3,(H,33,34). The van der Waals surface area contributed by atoms with Crippen molar-refractivity contribution in [1.82, 2.24) is 10.3 Å². The third-order valence-corrected chi connectivity index (χ3v) is 5.61. The third-order valence-electron chi connectivity index (χ3n) is 5.36. The predicted molar refractivity (Wildman–Crippen MR) is 126 cm³/mol. The Bertz CT molecular complexity index is 1200. The zero-order chi connectivity index (χ0) is 25.6. The van der Waals surface area contributed by atoms with E-state index in [0.29, 0.717) is 23.2 Å². The van der Waals surface area contributed by atoms with Crippen LogP contribution in [0, 0.1) is 11.3 Å². The molecule has 182 valence electrons. The number of pyridine rings is 1. The number of benzene rings is 2. The SMILES string of the molecule is CC(C)(Oc1ccc(C(F)(F)F)cn1)C(=O)NCC(Cc1ccc(Cl)cc1)c1cccc(C#N)c1. The maximum atomic E-state index is 12.9. The number of nitriles is 1. The van der Waals surface area contributed by atoms with Crippen molar-refractivity contribution < 1.29 is 22.7 Å². The molecule has 0 saturated carbocycles. The number of hydrogen-bond acceptors (Lipinski definition) is 4. The minimum atomic E-state index is -4.51. The Kier molecular flexibility index (Phi) is 8.03. The number of halogens is 4. The van der Waals surface area contributed by atoms with Crippen LogP contribution in [0.1, 0.15) is 42.0 Å². The fourth-order valence-electron chi connectivity index (χ4n) is 3.42. The number of carbonyl (C=O) groups excluding carboxylic acids is 1. The summed E-state index contributed by atoms with van der Waals surface area (Å²) >= 11 is 5.99. The van der Waals surface area contributed by atoms with Gasteiger partial charge in [0.25, 0.3) is 5.91 Å². The topological polar surface area (TPSA) is 75.0 Å². The molecule has 0 aliphatic heterocycles. The molecule has 0 bridgehead atoms. The highest BCUT2D eigenvalue weighted by atomic mass is 35.5. The Labute approximate surface area is 206 Å². The van der Waals surface area contributed by atoms with Crippen molar-refractivity contribution in [3.8, 4) is 11.9 Å². The van der Waals surface area contributed by atoms with Crippen LogP contribution in [0.5, 0.6) is 5.88 Å². The van der Waals surface area contributed by atoms with E-state index in [-0.39, 0.29) is 18.3 Å². The largest absolute Gasteiger partial charge is 0.462 e. The molecule has 1 unspecified atom stereocenters. The molecule has 35 heavy (non-hydrogen) atoms. The van der Waals surface area contributed by atoms with Crippen molar-refractivity contribution in [2.24, 2.45) is 0 Å². The molecule has 1 heterocycles. The maximum absolute atomic E-state index is 12.9. The minimum absolute atomic E-state index is 0.0995. The number of hydrogen-bond donors (Lipinski definition) is 1. The Morgan fingerprint density at radius 3 is 2.46 bits per heavy atom. The van der Waals surface area contributed by atoms with Gasteiger partial charge in [-0.15, -0.1) is 0 Å². The summed E-state index contributed by atoms with van der Waals surface area (Å²) in [5, 5.41) is 12.7. The minimum Gasteiger partial charge on any atom is -0.462 e. The van der Waals surface area contributed by atoms with Gasteiger partial charge in [0.2, 0.25) is 5.88 Å². The quantitative estimate of drug-likeness (QED) is 0.415. The molecule has 3 rings (SSSR count). The highest BCUT2D eigenvalue weighted by Crippen LogP contribution is 2.30. The summed E-state index contributed by atoms with van der Waals surface area (Å²) in [6, 6.07) is 18.6. The number of amides is 1. The van der Waals surface area contributed by atoms with Crippen LogP contribution < -0.4 is 10.1 Å². The summed E-state index contributed by atoms with van der Waals surface area (Å²) in [7, 11) is 0. The normalized spacial score (nSPS) is 12.5. The van der Waals surface area contributed by atoms with Crippen LogP contribution in [0.2, 0.25) is 5.02 Å².